The minimum Gasteiger partial charge on any atom is -0.404 e. The minimum atomic E-state index is -2.65. The third kappa shape index (κ3) is 10.0. The first kappa shape index (κ1) is 50.5. The molecule has 10 aromatic rings. The van der Waals surface area contributed by atoms with Gasteiger partial charge in [0.15, 0.2) is 0 Å². The van der Waals surface area contributed by atoms with Gasteiger partial charge in [-0.25, -0.2) is 19.9 Å². The standard InChI is InChI=1S/C24H18N6O.C23H22BN3O5.C15H12BrN3/c1-26-22-16-6-4-3-5-14(16)7-10-18(22)23-20(13-27-30(23)2)15-8-9-17-19(11-15)21(12-25)28-29-24(17)31;1-22(2)23(3,4)32-24(31-22)13-9-10-14-17(11-13)18(25-26-19(14)28)12-27-20(29)15-7-5-6-8-16(15)21(27)30;1-18-14-11-6-4-3-5-10(11)7-8-12(14)15(19-2)13(16)9-17/h3-11,13H,12,25H2,2H3,(H,29,31);5-11H,12H2,1-4H3,(H,26,28);3-9H,17H2,2H3/i2*12D2;. The van der Waals surface area contributed by atoms with Crippen molar-refractivity contribution in [2.45, 2.75) is 51.9 Å². The fourth-order valence-corrected chi connectivity index (χ4v) is 10.2. The number of carbonyl (C=O) groups is 2. The number of hydrogen-bond donors (Lipinski definition) is 4. The summed E-state index contributed by atoms with van der Waals surface area (Å²) in [7, 11) is 2.73. The second-order valence-electron chi connectivity index (χ2n) is 19.9. The Labute approximate surface area is 484 Å². The maximum atomic E-state index is 13.0. The number of hydrogen-bond acceptors (Lipinski definition) is 12. The fourth-order valence-electron chi connectivity index (χ4n) is 9.77. The van der Waals surface area contributed by atoms with Gasteiger partial charge in [0, 0.05) is 57.0 Å². The molecule has 0 aliphatic carbocycles. The second kappa shape index (κ2) is 22.4. The van der Waals surface area contributed by atoms with E-state index in [0.717, 1.165) is 43.9 Å². The zero-order chi connectivity index (χ0) is 61.8. The van der Waals surface area contributed by atoms with Crippen molar-refractivity contribution in [1.29, 1.82) is 0 Å². The van der Waals surface area contributed by atoms with Gasteiger partial charge >= 0.3 is 7.12 Å². The minimum absolute atomic E-state index is 0.0584. The predicted octanol–water partition coefficient (Wildman–Crippen LogP) is 10.2. The summed E-state index contributed by atoms with van der Waals surface area (Å²) in [4.78, 5) is 63.0. The highest BCUT2D eigenvalue weighted by molar-refractivity contribution is 9.12. The number of H-pyrrole nitrogens is 2. The lowest BCUT2D eigenvalue weighted by atomic mass is 9.78. The maximum Gasteiger partial charge on any atom is 0.494 e. The first-order valence-electron chi connectivity index (χ1n) is 27.4. The fraction of sp³-hybridized carbons (Fsp3) is 0.161. The monoisotopic (exact) mass is 1150 g/mol. The number of nitrogens with two attached hydrogens (primary N) is 2. The number of rotatable bonds is 8. The number of amides is 2. The predicted molar refractivity (Wildman–Crippen MR) is 324 cm³/mol. The van der Waals surface area contributed by atoms with E-state index in [1.54, 1.807) is 67.4 Å². The van der Waals surface area contributed by atoms with Crippen molar-refractivity contribution in [3.8, 4) is 22.4 Å². The molecule has 5 heterocycles. The summed E-state index contributed by atoms with van der Waals surface area (Å²) in [6.45, 7) is 18.0. The van der Waals surface area contributed by atoms with Crippen molar-refractivity contribution in [3.63, 3.8) is 0 Å². The van der Waals surface area contributed by atoms with E-state index in [9.17, 15) is 19.2 Å². The molecule has 0 bridgehead atoms. The van der Waals surface area contributed by atoms with Gasteiger partial charge in [0.25, 0.3) is 22.9 Å². The SMILES string of the molecule is [2H]C([2H])(N)c1n[nH]c(=O)c2ccc(-c3cnn(C)c3-c3ccc4ccccc4c3[N+]#[C-])cc12.[2H]C([2H])(c1n[nH]c(=O)c2ccc(B3OC(C)(C)C(C)(C)O3)cc12)N1C(=O)c2ccccc2C1=O.[C-]#[N+]c1c(C(=NC)C(Br)=CN)ccc2ccccc12. The van der Waals surface area contributed by atoms with E-state index in [1.165, 1.54) is 24.4 Å². The number of imide groups is 1. The molecule has 406 valence electrons. The van der Waals surface area contributed by atoms with Gasteiger partial charge in [-0.2, -0.15) is 15.3 Å². The summed E-state index contributed by atoms with van der Waals surface area (Å²) in [5.74, 6) is -1.54. The van der Waals surface area contributed by atoms with E-state index in [1.807, 2.05) is 100 Å². The van der Waals surface area contributed by atoms with E-state index in [4.69, 9.17) is 39.4 Å². The van der Waals surface area contributed by atoms with Gasteiger partial charge in [-0.1, -0.05) is 103 Å². The van der Waals surface area contributed by atoms with E-state index in [-0.39, 0.29) is 38.7 Å². The summed E-state index contributed by atoms with van der Waals surface area (Å²) in [5.41, 5.74) is 15.0. The van der Waals surface area contributed by atoms with Crippen molar-refractivity contribution < 1.29 is 24.4 Å². The lowest BCUT2D eigenvalue weighted by molar-refractivity contribution is 0.00578. The lowest BCUT2D eigenvalue weighted by Gasteiger charge is -2.32. The molecule has 7 aromatic carbocycles. The highest BCUT2D eigenvalue weighted by Crippen LogP contribution is 2.42. The third-order valence-electron chi connectivity index (χ3n) is 14.7. The summed E-state index contributed by atoms with van der Waals surface area (Å²) >= 11 is 3.37. The van der Waals surface area contributed by atoms with Gasteiger partial charge in [0.2, 0.25) is 11.4 Å². The van der Waals surface area contributed by atoms with Crippen LogP contribution in [0.4, 0.5) is 11.4 Å². The number of halogens is 1. The number of aryl methyl sites for hydroxylation is 1. The molecular formula is C62H52BBrN12O6. The van der Waals surface area contributed by atoms with E-state index >= 15 is 0 Å². The molecule has 0 unspecified atom stereocenters. The molecule has 2 aliphatic heterocycles. The Morgan fingerprint density at radius 3 is 1.84 bits per heavy atom. The largest absolute Gasteiger partial charge is 0.494 e. The summed E-state index contributed by atoms with van der Waals surface area (Å²) in [6.07, 6.45) is 3.13. The van der Waals surface area contributed by atoms with Crippen LogP contribution in [-0.4, -0.2) is 78.0 Å². The number of aromatic nitrogens is 6. The molecular weight excluding hydrogens is 1100 g/mol. The number of nitrogens with one attached hydrogen (secondary N) is 2. The van der Waals surface area contributed by atoms with Gasteiger partial charge < -0.3 is 20.8 Å². The van der Waals surface area contributed by atoms with Gasteiger partial charge in [-0.15, -0.1) is 0 Å². The molecule has 6 N–H and O–H groups in total. The number of carbonyl (C=O) groups excluding carboxylic acids is 2. The van der Waals surface area contributed by atoms with Crippen LogP contribution in [0.15, 0.2) is 165 Å². The summed E-state index contributed by atoms with van der Waals surface area (Å²) in [6, 6.07) is 39.3. The van der Waals surface area contributed by atoms with Gasteiger partial charge in [0.1, 0.15) is 0 Å². The first-order valence-corrected chi connectivity index (χ1v) is 26.2. The number of nitrogens with zero attached hydrogens (tertiary/aromatic N) is 8. The summed E-state index contributed by atoms with van der Waals surface area (Å²) < 4.78 is 47.9. The number of allylic oxidation sites excluding steroid dienone is 1. The van der Waals surface area contributed by atoms with Crippen LogP contribution in [0.3, 0.4) is 0 Å². The van der Waals surface area contributed by atoms with Crippen LogP contribution in [0.25, 0.3) is 75.2 Å². The second-order valence-corrected chi connectivity index (χ2v) is 20.8. The molecule has 18 nitrogen and oxygen atoms in total. The molecule has 3 aromatic heterocycles. The Bertz CT molecular complexity index is 4680. The van der Waals surface area contributed by atoms with Gasteiger partial charge in [-0.05, 0) is 107 Å². The van der Waals surface area contributed by atoms with Crippen LogP contribution in [-0.2, 0) is 29.4 Å². The Balaban J connectivity index is 0.000000149. The van der Waals surface area contributed by atoms with Crippen molar-refractivity contribution in [3.05, 3.63) is 222 Å². The number of fused-ring (bicyclic) bond motifs is 5. The molecule has 0 atom stereocenters. The van der Waals surface area contributed by atoms with Crippen molar-refractivity contribution in [1.82, 2.24) is 35.1 Å². The van der Waals surface area contributed by atoms with Crippen LogP contribution < -0.4 is 28.0 Å². The smallest absolute Gasteiger partial charge is 0.404 e. The summed E-state index contributed by atoms with van der Waals surface area (Å²) in [5, 5.41) is 21.5. The Kier molecular flexibility index (Phi) is 13.8. The van der Waals surface area contributed by atoms with Crippen LogP contribution in [0.1, 0.15) is 70.8 Å². The van der Waals surface area contributed by atoms with E-state index in [0.29, 0.717) is 42.9 Å². The molecule has 20 heteroatoms. The molecule has 1 saturated heterocycles. The number of aliphatic imine (C=N–C) groups is 1. The van der Waals surface area contributed by atoms with Crippen molar-refractivity contribution >= 4 is 101 Å². The third-order valence-corrected chi connectivity index (χ3v) is 15.3. The first-order chi connectivity index (χ1) is 40.9. The Morgan fingerprint density at radius 1 is 0.707 bits per heavy atom. The van der Waals surface area contributed by atoms with E-state index < -0.39 is 54.2 Å². The molecule has 2 aliphatic rings. The van der Waals surface area contributed by atoms with Gasteiger partial charge in [-0.3, -0.25) is 33.8 Å². The van der Waals surface area contributed by atoms with Crippen LogP contribution in [0, 0.1) is 13.1 Å². The molecule has 0 saturated carbocycles. The highest BCUT2D eigenvalue weighted by Gasteiger charge is 2.52. The molecule has 0 radical (unpaired) electrons. The number of aromatic amines is 2. The average Bonchev–Trinajstić information content (AvgIpc) is 1.55. The molecule has 82 heavy (non-hydrogen) atoms. The Morgan fingerprint density at radius 2 is 1.26 bits per heavy atom. The van der Waals surface area contributed by atoms with Crippen molar-refractivity contribution in [2.75, 3.05) is 7.05 Å². The van der Waals surface area contributed by atoms with Crippen molar-refractivity contribution in [2.24, 2.45) is 23.5 Å². The van der Waals surface area contributed by atoms with Gasteiger partial charge in [0.05, 0.1) is 89.0 Å². The zero-order valence-corrected chi connectivity index (χ0v) is 46.6. The van der Waals surface area contributed by atoms with Crippen LogP contribution in [0.2, 0.25) is 0 Å². The quantitative estimate of drug-likeness (QED) is 0.0483. The molecule has 0 spiro atoms. The molecule has 1 fully saturated rings. The Hall–Kier alpha value is -9.70. The zero-order valence-electron chi connectivity index (χ0n) is 49.0. The number of benzene rings is 7. The molecule has 2 amide bonds. The highest BCUT2D eigenvalue weighted by atomic mass is 79.9. The van der Waals surface area contributed by atoms with Crippen LogP contribution >= 0.6 is 15.9 Å². The topological polar surface area (TPSA) is 238 Å². The maximum absolute atomic E-state index is 13.0. The lowest BCUT2D eigenvalue weighted by Crippen LogP contribution is -2.41. The molecule has 12 rings (SSSR count). The average molecular weight is 1160 g/mol. The van der Waals surface area contributed by atoms with Crippen LogP contribution in [0.5, 0.6) is 0 Å². The van der Waals surface area contributed by atoms with E-state index in [2.05, 4.69) is 56.1 Å². The normalized spacial score (nSPS) is 15.6.